The zero-order chi connectivity index (χ0) is 21.3. The smallest absolute Gasteiger partial charge is 0.271 e. The Balaban J connectivity index is 1.50. The fourth-order valence-corrected chi connectivity index (χ4v) is 2.62. The monoisotopic (exact) mass is 421 g/mol. The van der Waals surface area contributed by atoms with Crippen molar-refractivity contribution in [3.05, 3.63) is 94.5 Å². The second-order valence-electron chi connectivity index (χ2n) is 6.48. The fourth-order valence-electron chi connectivity index (χ4n) is 2.50. The van der Waals surface area contributed by atoms with Crippen LogP contribution >= 0.6 is 11.6 Å². The highest BCUT2D eigenvalue weighted by molar-refractivity contribution is 6.30. The van der Waals surface area contributed by atoms with Crippen LogP contribution < -0.4 is 15.5 Å². The Labute approximate surface area is 179 Å². The van der Waals surface area contributed by atoms with E-state index in [1.54, 1.807) is 54.6 Å². The number of hydrogen-bond donors (Lipinski definition) is 2. The first-order valence-electron chi connectivity index (χ1n) is 9.18. The van der Waals surface area contributed by atoms with Gasteiger partial charge >= 0.3 is 0 Å². The molecule has 0 spiro atoms. The average Bonchev–Trinajstić information content (AvgIpc) is 2.75. The van der Waals surface area contributed by atoms with Gasteiger partial charge in [0, 0.05) is 16.3 Å². The van der Waals surface area contributed by atoms with E-state index in [1.165, 1.54) is 6.21 Å². The van der Waals surface area contributed by atoms with E-state index >= 15 is 0 Å². The second-order valence-corrected chi connectivity index (χ2v) is 6.92. The molecule has 3 aromatic carbocycles. The summed E-state index contributed by atoms with van der Waals surface area (Å²) in [7, 11) is 0. The molecular weight excluding hydrogens is 402 g/mol. The Kier molecular flexibility index (Phi) is 7.19. The summed E-state index contributed by atoms with van der Waals surface area (Å²) in [5.74, 6) is -0.0747. The molecule has 0 radical (unpaired) electrons. The third-order valence-corrected chi connectivity index (χ3v) is 4.30. The van der Waals surface area contributed by atoms with E-state index in [-0.39, 0.29) is 18.4 Å². The number of carbonyl (C=O) groups excluding carboxylic acids is 2. The molecule has 30 heavy (non-hydrogen) atoms. The molecule has 3 rings (SSSR count). The van der Waals surface area contributed by atoms with Crippen molar-refractivity contribution in [2.75, 3.05) is 11.9 Å². The van der Waals surface area contributed by atoms with Gasteiger partial charge in [0.2, 0.25) is 0 Å². The van der Waals surface area contributed by atoms with Gasteiger partial charge in [0.05, 0.1) is 6.21 Å². The number of halogens is 1. The maximum atomic E-state index is 12.1. The number of nitrogens with one attached hydrogen (secondary N) is 2. The van der Waals surface area contributed by atoms with E-state index in [9.17, 15) is 9.59 Å². The van der Waals surface area contributed by atoms with Gasteiger partial charge in [-0.15, -0.1) is 0 Å². The Morgan fingerprint density at radius 3 is 2.50 bits per heavy atom. The van der Waals surface area contributed by atoms with Crippen LogP contribution in [0.15, 0.2) is 77.9 Å². The normalized spacial score (nSPS) is 10.6. The molecule has 0 aliphatic rings. The summed E-state index contributed by atoms with van der Waals surface area (Å²) in [6, 6.07) is 21.0. The van der Waals surface area contributed by atoms with Crippen LogP contribution in [0.1, 0.15) is 21.5 Å². The summed E-state index contributed by atoms with van der Waals surface area (Å²) >= 11 is 5.82. The van der Waals surface area contributed by atoms with Crippen LogP contribution in [-0.4, -0.2) is 24.6 Å². The minimum Gasteiger partial charge on any atom is -0.484 e. The van der Waals surface area contributed by atoms with Crippen molar-refractivity contribution in [3.8, 4) is 5.75 Å². The number of hydrogen-bond acceptors (Lipinski definition) is 4. The van der Waals surface area contributed by atoms with Crippen molar-refractivity contribution < 1.29 is 14.3 Å². The maximum Gasteiger partial charge on any atom is 0.271 e. The zero-order valence-electron chi connectivity index (χ0n) is 16.3. The predicted molar refractivity (Wildman–Crippen MR) is 118 cm³/mol. The molecule has 6 nitrogen and oxygen atoms in total. The molecule has 0 saturated carbocycles. The van der Waals surface area contributed by atoms with Gasteiger partial charge in [0.1, 0.15) is 5.75 Å². The standard InChI is InChI=1S/C23H20ClN3O3/c1-16-5-7-18(8-6-16)23(29)27-25-14-17-3-2-4-21(13-17)30-15-22(28)26-20-11-9-19(24)10-12-20/h2-14H,15H2,1H3,(H,26,28)(H,27,29)/b25-14+. The van der Waals surface area contributed by atoms with Gasteiger partial charge in [-0.3, -0.25) is 9.59 Å². The average molecular weight is 422 g/mol. The number of carbonyl (C=O) groups is 2. The minimum atomic E-state index is -0.294. The van der Waals surface area contributed by atoms with Gasteiger partial charge in [0.25, 0.3) is 11.8 Å². The van der Waals surface area contributed by atoms with Gasteiger partial charge in [-0.1, -0.05) is 41.4 Å². The van der Waals surface area contributed by atoms with Crippen LogP contribution in [0, 0.1) is 6.92 Å². The highest BCUT2D eigenvalue weighted by atomic mass is 35.5. The summed E-state index contributed by atoms with van der Waals surface area (Å²) in [6.07, 6.45) is 1.51. The highest BCUT2D eigenvalue weighted by Crippen LogP contribution is 2.14. The van der Waals surface area contributed by atoms with E-state index < -0.39 is 0 Å². The summed E-state index contributed by atoms with van der Waals surface area (Å²) < 4.78 is 5.53. The number of hydrazone groups is 1. The topological polar surface area (TPSA) is 79.8 Å². The van der Waals surface area contributed by atoms with E-state index in [0.29, 0.717) is 22.0 Å². The van der Waals surface area contributed by atoms with Crippen molar-refractivity contribution in [1.82, 2.24) is 5.43 Å². The summed E-state index contributed by atoms with van der Waals surface area (Å²) in [5.41, 5.74) is 5.45. The van der Waals surface area contributed by atoms with Crippen molar-refractivity contribution in [3.63, 3.8) is 0 Å². The summed E-state index contributed by atoms with van der Waals surface area (Å²) in [6.45, 7) is 1.81. The maximum absolute atomic E-state index is 12.1. The first-order chi connectivity index (χ1) is 14.5. The highest BCUT2D eigenvalue weighted by Gasteiger charge is 2.05. The van der Waals surface area contributed by atoms with Crippen molar-refractivity contribution in [1.29, 1.82) is 0 Å². The number of benzene rings is 3. The third-order valence-electron chi connectivity index (χ3n) is 4.05. The lowest BCUT2D eigenvalue weighted by molar-refractivity contribution is -0.118. The Hall–Kier alpha value is -3.64. The van der Waals surface area contributed by atoms with Crippen LogP contribution in [0.4, 0.5) is 5.69 Å². The van der Waals surface area contributed by atoms with Crippen LogP contribution in [0.2, 0.25) is 5.02 Å². The zero-order valence-corrected chi connectivity index (χ0v) is 17.0. The molecule has 0 fully saturated rings. The quantitative estimate of drug-likeness (QED) is 0.437. The molecule has 7 heteroatoms. The van der Waals surface area contributed by atoms with E-state index in [4.69, 9.17) is 16.3 Å². The van der Waals surface area contributed by atoms with Crippen molar-refractivity contribution in [2.24, 2.45) is 5.10 Å². The SMILES string of the molecule is Cc1ccc(C(=O)N/N=C/c2cccc(OCC(=O)Nc3ccc(Cl)cc3)c2)cc1. The van der Waals surface area contributed by atoms with Gasteiger partial charge in [0.15, 0.2) is 6.61 Å². The van der Waals surface area contributed by atoms with E-state index in [0.717, 1.165) is 11.1 Å². The van der Waals surface area contributed by atoms with Gasteiger partial charge in [-0.2, -0.15) is 5.10 Å². The molecule has 0 atom stereocenters. The molecule has 0 saturated heterocycles. The predicted octanol–water partition coefficient (Wildman–Crippen LogP) is 4.43. The van der Waals surface area contributed by atoms with E-state index in [1.807, 2.05) is 25.1 Å². The molecule has 3 aromatic rings. The minimum absolute atomic E-state index is 0.145. The van der Waals surface area contributed by atoms with Crippen LogP contribution in [0.3, 0.4) is 0 Å². The second kappa shape index (κ2) is 10.2. The summed E-state index contributed by atoms with van der Waals surface area (Å²) in [5, 5.41) is 7.29. The number of aryl methyl sites for hydroxylation is 1. The first-order valence-corrected chi connectivity index (χ1v) is 9.56. The van der Waals surface area contributed by atoms with Crippen LogP contribution in [-0.2, 0) is 4.79 Å². The van der Waals surface area contributed by atoms with Crippen molar-refractivity contribution in [2.45, 2.75) is 6.92 Å². The number of ether oxygens (including phenoxy) is 1. The van der Waals surface area contributed by atoms with Gasteiger partial charge in [-0.05, 0) is 61.0 Å². The molecule has 2 amide bonds. The van der Waals surface area contributed by atoms with Crippen LogP contribution in [0.5, 0.6) is 5.75 Å². The molecule has 2 N–H and O–H groups in total. The fraction of sp³-hybridized carbons (Fsp3) is 0.0870. The molecule has 0 unspecified atom stereocenters. The lowest BCUT2D eigenvalue weighted by atomic mass is 10.1. The molecule has 0 bridgehead atoms. The van der Waals surface area contributed by atoms with Crippen molar-refractivity contribution >= 4 is 35.3 Å². The third kappa shape index (κ3) is 6.46. The lowest BCUT2D eigenvalue weighted by Gasteiger charge is -2.08. The number of rotatable bonds is 7. The Morgan fingerprint density at radius 1 is 1.03 bits per heavy atom. The summed E-state index contributed by atoms with van der Waals surface area (Å²) in [4.78, 5) is 24.1. The molecular formula is C23H20ClN3O3. The molecule has 0 aliphatic carbocycles. The van der Waals surface area contributed by atoms with Gasteiger partial charge in [-0.25, -0.2) is 5.43 Å². The van der Waals surface area contributed by atoms with E-state index in [2.05, 4.69) is 15.8 Å². The van der Waals surface area contributed by atoms with Crippen LogP contribution in [0.25, 0.3) is 0 Å². The number of nitrogens with zero attached hydrogens (tertiary/aromatic N) is 1. The Morgan fingerprint density at radius 2 is 1.77 bits per heavy atom. The molecule has 0 aromatic heterocycles. The molecule has 152 valence electrons. The molecule has 0 heterocycles. The number of anilines is 1. The Bertz CT molecular complexity index is 1050. The first kappa shape index (κ1) is 21.1. The lowest BCUT2D eigenvalue weighted by Crippen LogP contribution is -2.20. The number of amides is 2. The largest absolute Gasteiger partial charge is 0.484 e. The molecule has 0 aliphatic heterocycles. The van der Waals surface area contributed by atoms with Gasteiger partial charge < -0.3 is 10.1 Å².